The molecular weight excluding hydrogens is 824 g/mol. The first kappa shape index (κ1) is 46.1. The summed E-state index contributed by atoms with van der Waals surface area (Å²) >= 11 is 6.06. The van der Waals surface area contributed by atoms with Crippen molar-refractivity contribution in [3.63, 3.8) is 0 Å². The van der Waals surface area contributed by atoms with Crippen LogP contribution in [0.2, 0.25) is 5.02 Å². The van der Waals surface area contributed by atoms with E-state index in [0.717, 1.165) is 11.1 Å². The van der Waals surface area contributed by atoms with Crippen LogP contribution in [0.3, 0.4) is 0 Å². The number of hydrogen-bond acceptors (Lipinski definition) is 12. The second-order valence-electron chi connectivity index (χ2n) is 16.4. The molecule has 5 atom stereocenters. The maximum Gasteiger partial charge on any atom is 0.226 e. The Hall–Kier alpha value is -6.38. The van der Waals surface area contributed by atoms with Crippen LogP contribution in [0.5, 0.6) is 11.5 Å². The van der Waals surface area contributed by atoms with Crippen LogP contribution in [0.4, 0.5) is 0 Å². The maximum atomic E-state index is 14.7. The number of phenolic OH excluding ortho intramolecular Hbond substituents is 2. The van der Waals surface area contributed by atoms with Crippen molar-refractivity contribution in [1.82, 2.24) is 10.2 Å². The number of unbranched alkanes of at least 4 members (excludes halogenated alkanes) is 1. The Kier molecular flexibility index (Phi) is 15.1. The summed E-state index contributed by atoms with van der Waals surface area (Å²) < 4.78 is 0. The van der Waals surface area contributed by atoms with Gasteiger partial charge in [0.25, 0.3) is 0 Å². The quantitative estimate of drug-likeness (QED) is 0.0698. The molecule has 15 heteroatoms. The highest BCUT2D eigenvalue weighted by Gasteiger charge is 2.36. The lowest BCUT2D eigenvalue weighted by Gasteiger charge is -2.32. The fraction of sp³-hybridized carbons (Fsp3) is 0.354. The lowest BCUT2D eigenvalue weighted by molar-refractivity contribution is -0.142. The monoisotopic (exact) mass is 874 g/mol. The van der Waals surface area contributed by atoms with E-state index in [9.17, 15) is 39.0 Å². The van der Waals surface area contributed by atoms with Gasteiger partial charge < -0.3 is 26.2 Å². The lowest BCUT2D eigenvalue weighted by atomic mass is 9.87. The van der Waals surface area contributed by atoms with E-state index in [1.165, 1.54) is 36.2 Å². The molecule has 0 aromatic heterocycles. The number of ketones is 4. The van der Waals surface area contributed by atoms with Gasteiger partial charge in [0.2, 0.25) is 11.8 Å². The number of carbonyl (C=O) groups excluding carboxylic acids is 6. The summed E-state index contributed by atoms with van der Waals surface area (Å²) in [6, 6.07) is 21.0. The van der Waals surface area contributed by atoms with Gasteiger partial charge >= 0.3 is 0 Å². The van der Waals surface area contributed by atoms with Crippen LogP contribution in [-0.4, -0.2) is 82.0 Å². The van der Waals surface area contributed by atoms with Gasteiger partial charge in [-0.1, -0.05) is 80.4 Å². The number of rotatable bonds is 15. The largest absolute Gasteiger partial charge is 0.507 e. The Balaban J connectivity index is 1.31. The summed E-state index contributed by atoms with van der Waals surface area (Å²) in [5, 5.41) is 36.7. The molecule has 0 spiro atoms. The van der Waals surface area contributed by atoms with E-state index in [1.54, 1.807) is 50.2 Å². The van der Waals surface area contributed by atoms with Gasteiger partial charge in [-0.25, -0.2) is 0 Å². The standard InChI is InChI=1S/C48H51ClN6O8/c1-27(46(61)39-26-51-54-53-39)20-43(59)38-23-29-7-17-40(56)36(22-29)37-24-33(14-18-41(37)57)45(44(60)21-28(2)47(62)52-38)55(3)48(63)34(6-4-5-19-50)25-42(58)32-10-8-30(9-11-32)31-12-15-35(49)16-13-31/h7-18,22,24,27-28,34,38,45,56-57H,4-6,19-21,23,25-26,50H2,1-3H3,(H,52,62)/t27-,28-,34-,38+,45+/m1/s1. The number of carbonyl (C=O) groups is 6. The number of phenols is 2. The molecule has 6 rings (SSSR count). The van der Waals surface area contributed by atoms with E-state index in [4.69, 9.17) is 17.3 Å². The highest BCUT2D eigenvalue weighted by Crippen LogP contribution is 2.40. The number of likely N-dealkylation sites (N-methyl/N-ethyl adjacent to an activating group) is 1. The molecular formula is C48H51ClN6O8. The Bertz CT molecular complexity index is 2450. The van der Waals surface area contributed by atoms with E-state index in [1.807, 2.05) is 24.3 Å². The molecule has 0 saturated carbocycles. The van der Waals surface area contributed by atoms with Gasteiger partial charge in [0.1, 0.15) is 29.8 Å². The van der Waals surface area contributed by atoms with Crippen molar-refractivity contribution in [2.75, 3.05) is 20.1 Å². The third-order valence-corrected chi connectivity index (χ3v) is 11.9. The van der Waals surface area contributed by atoms with Crippen LogP contribution in [0.1, 0.15) is 79.9 Å². The number of nitrogens with zero attached hydrogens (tertiary/aromatic N) is 4. The molecule has 2 aliphatic rings. The Morgan fingerprint density at radius 1 is 0.873 bits per heavy atom. The van der Waals surface area contributed by atoms with Crippen molar-refractivity contribution in [2.45, 2.75) is 70.9 Å². The third kappa shape index (κ3) is 11.2. The van der Waals surface area contributed by atoms with Gasteiger partial charge in [0.15, 0.2) is 23.1 Å². The number of benzene rings is 4. The molecule has 0 fully saturated rings. The number of nitrogens with two attached hydrogens (primary N) is 1. The molecule has 2 aliphatic heterocycles. The molecule has 2 amide bonds. The van der Waals surface area contributed by atoms with E-state index in [0.29, 0.717) is 47.5 Å². The molecule has 4 bridgehead atoms. The number of halogens is 1. The summed E-state index contributed by atoms with van der Waals surface area (Å²) in [7, 11) is 1.47. The van der Waals surface area contributed by atoms with Crippen LogP contribution < -0.4 is 11.1 Å². The molecule has 14 nitrogen and oxygen atoms in total. The van der Waals surface area contributed by atoms with Crippen LogP contribution >= 0.6 is 11.6 Å². The lowest BCUT2D eigenvalue weighted by Crippen LogP contribution is -2.46. The minimum absolute atomic E-state index is 0.0170. The Labute approximate surface area is 370 Å². The van der Waals surface area contributed by atoms with E-state index in [2.05, 4.69) is 20.8 Å². The highest BCUT2D eigenvalue weighted by molar-refractivity contribution is 6.41. The zero-order chi connectivity index (χ0) is 45.4. The zero-order valence-corrected chi connectivity index (χ0v) is 36.2. The number of fused-ring (bicyclic) bond motifs is 5. The predicted octanol–water partition coefficient (Wildman–Crippen LogP) is 7.23. The fourth-order valence-corrected chi connectivity index (χ4v) is 8.18. The number of nitrogens with one attached hydrogen (secondary N) is 1. The first-order valence-corrected chi connectivity index (χ1v) is 21.4. The summed E-state index contributed by atoms with van der Waals surface area (Å²) in [4.78, 5) is 85.1. The first-order valence-electron chi connectivity index (χ1n) is 21.0. The molecule has 4 aromatic carbocycles. The smallest absolute Gasteiger partial charge is 0.226 e. The Morgan fingerprint density at radius 2 is 1.52 bits per heavy atom. The SMILES string of the molecule is C[C@@H]1CC(=O)[C@@H](N(C)C(=O)[C@H](CCCCN)CC(=O)c2ccc(-c3ccc(Cl)cc3)cc2)c2ccc(O)c(c2)-c2cc(ccc2O)C[C@@H](C(=O)C[C@@H](C)C(=O)C2=NN=NC2)NC1=O. The summed E-state index contributed by atoms with van der Waals surface area (Å²) in [6.45, 7) is 3.53. The van der Waals surface area contributed by atoms with E-state index in [-0.39, 0.29) is 72.1 Å². The van der Waals surface area contributed by atoms with Crippen LogP contribution in [-0.2, 0) is 30.4 Å². The third-order valence-electron chi connectivity index (χ3n) is 11.7. The van der Waals surface area contributed by atoms with Crippen molar-refractivity contribution in [2.24, 2.45) is 38.9 Å². The molecule has 0 unspecified atom stereocenters. The van der Waals surface area contributed by atoms with E-state index >= 15 is 0 Å². The van der Waals surface area contributed by atoms with Crippen molar-refractivity contribution in [3.05, 3.63) is 107 Å². The molecule has 0 saturated heterocycles. The first-order chi connectivity index (χ1) is 30.1. The number of amides is 2. The molecule has 328 valence electrons. The number of aromatic hydroxyl groups is 2. The molecule has 5 N–H and O–H groups in total. The summed E-state index contributed by atoms with van der Waals surface area (Å²) in [5.74, 6) is -5.71. The van der Waals surface area contributed by atoms with Gasteiger partial charge in [-0.15, -0.1) is 5.10 Å². The Morgan fingerprint density at radius 3 is 2.17 bits per heavy atom. The average Bonchev–Trinajstić information content (AvgIpc) is 3.82. The maximum absolute atomic E-state index is 14.7. The highest BCUT2D eigenvalue weighted by atomic mass is 35.5. The van der Waals surface area contributed by atoms with E-state index < -0.39 is 53.2 Å². The molecule has 4 aromatic rings. The van der Waals surface area contributed by atoms with Gasteiger partial charge in [0.05, 0.1) is 6.04 Å². The van der Waals surface area contributed by atoms with Crippen molar-refractivity contribution in [3.8, 4) is 33.8 Å². The van der Waals surface area contributed by atoms with Gasteiger partial charge in [-0.3, -0.25) is 28.8 Å². The number of hydrogen-bond donors (Lipinski definition) is 4. The van der Waals surface area contributed by atoms with Crippen LogP contribution in [0, 0.1) is 17.8 Å². The van der Waals surface area contributed by atoms with Crippen molar-refractivity contribution in [1.29, 1.82) is 0 Å². The average molecular weight is 875 g/mol. The fourth-order valence-electron chi connectivity index (χ4n) is 8.05. The minimum atomic E-state index is -1.28. The summed E-state index contributed by atoms with van der Waals surface area (Å²) in [6.07, 6.45) is 0.718. The summed E-state index contributed by atoms with van der Waals surface area (Å²) in [5.41, 5.74) is 9.34. The van der Waals surface area contributed by atoms with Gasteiger partial charge in [-0.2, -0.15) is 5.11 Å². The van der Waals surface area contributed by atoms with Crippen LogP contribution in [0.25, 0.3) is 22.3 Å². The zero-order valence-electron chi connectivity index (χ0n) is 35.4. The normalized spacial score (nSPS) is 18.4. The van der Waals surface area contributed by atoms with Gasteiger partial charge in [-0.05, 0) is 89.7 Å². The number of Topliss-reactive ketones (excluding diaryl/α,β-unsaturated/α-hetero) is 4. The topological polar surface area (TPSA) is 221 Å². The molecule has 0 radical (unpaired) electrons. The second-order valence-corrected chi connectivity index (χ2v) is 16.8. The molecule has 0 aliphatic carbocycles. The van der Waals surface area contributed by atoms with Crippen LogP contribution in [0.15, 0.2) is 100 Å². The van der Waals surface area contributed by atoms with Gasteiger partial charge in [0, 0.05) is 65.8 Å². The minimum Gasteiger partial charge on any atom is -0.507 e. The molecule has 63 heavy (non-hydrogen) atoms. The second kappa shape index (κ2) is 20.7. The van der Waals surface area contributed by atoms with Crippen molar-refractivity contribution >= 4 is 52.3 Å². The molecule has 2 heterocycles. The van der Waals surface area contributed by atoms with Crippen molar-refractivity contribution < 1.29 is 39.0 Å². The predicted molar refractivity (Wildman–Crippen MR) is 238 cm³/mol.